The quantitative estimate of drug-likeness (QED) is 0.636. The third kappa shape index (κ3) is 3.63. The van der Waals surface area contributed by atoms with Crippen molar-refractivity contribution in [3.8, 4) is 0 Å². The van der Waals surface area contributed by atoms with Crippen LogP contribution in [0, 0.1) is 17.0 Å². The predicted molar refractivity (Wildman–Crippen MR) is 97.0 cm³/mol. The molecule has 1 saturated heterocycles. The molecular formula is C19H21N3O3. The van der Waals surface area contributed by atoms with Crippen LogP contribution in [-0.4, -0.2) is 41.4 Å². The summed E-state index contributed by atoms with van der Waals surface area (Å²) >= 11 is 0. The Hall–Kier alpha value is -2.89. The summed E-state index contributed by atoms with van der Waals surface area (Å²) in [7, 11) is 0. The normalized spacial score (nSPS) is 17.4. The van der Waals surface area contributed by atoms with E-state index in [2.05, 4.69) is 4.90 Å². The fourth-order valence-electron chi connectivity index (χ4n) is 3.14. The number of piperazine rings is 1. The standard InChI is InChI=1S/C19H21N3O3/c1-14-3-5-16(6-4-14)19(23)21-12-11-20(13-15(21)2)17-7-9-18(10-8-17)22(24)25/h3-10,15H,11-13H2,1-2H3/t15-/m0/s1. The molecule has 1 aliphatic rings. The van der Waals surface area contributed by atoms with Gasteiger partial charge in [0.05, 0.1) is 4.92 Å². The van der Waals surface area contributed by atoms with Crippen LogP contribution in [0.15, 0.2) is 48.5 Å². The smallest absolute Gasteiger partial charge is 0.269 e. The van der Waals surface area contributed by atoms with Crippen molar-refractivity contribution in [3.63, 3.8) is 0 Å². The first-order chi connectivity index (χ1) is 12.0. The number of rotatable bonds is 3. The number of non-ortho nitro benzene ring substituents is 1. The minimum atomic E-state index is -0.398. The Balaban J connectivity index is 1.68. The average molecular weight is 339 g/mol. The lowest BCUT2D eigenvalue weighted by Gasteiger charge is -2.41. The van der Waals surface area contributed by atoms with Crippen molar-refractivity contribution >= 4 is 17.3 Å². The zero-order valence-electron chi connectivity index (χ0n) is 14.4. The molecule has 0 aliphatic carbocycles. The van der Waals surface area contributed by atoms with E-state index in [1.807, 2.05) is 43.0 Å². The number of carbonyl (C=O) groups is 1. The summed E-state index contributed by atoms with van der Waals surface area (Å²) in [5.74, 6) is 0.0517. The lowest BCUT2D eigenvalue weighted by molar-refractivity contribution is -0.384. The number of carbonyl (C=O) groups excluding carboxylic acids is 1. The summed E-state index contributed by atoms with van der Waals surface area (Å²) in [6.07, 6.45) is 0. The Bertz CT molecular complexity index is 772. The van der Waals surface area contributed by atoms with E-state index in [4.69, 9.17) is 0 Å². The zero-order valence-corrected chi connectivity index (χ0v) is 14.4. The molecule has 1 fully saturated rings. The van der Waals surface area contributed by atoms with Crippen molar-refractivity contribution < 1.29 is 9.72 Å². The average Bonchev–Trinajstić information content (AvgIpc) is 2.62. The van der Waals surface area contributed by atoms with Gasteiger partial charge in [-0.1, -0.05) is 17.7 Å². The van der Waals surface area contributed by atoms with Gasteiger partial charge in [0.25, 0.3) is 11.6 Å². The van der Waals surface area contributed by atoms with E-state index in [0.717, 1.165) is 11.3 Å². The predicted octanol–water partition coefficient (Wildman–Crippen LogP) is 3.25. The van der Waals surface area contributed by atoms with Gasteiger partial charge in [0.15, 0.2) is 0 Å². The molecule has 0 radical (unpaired) electrons. The summed E-state index contributed by atoms with van der Waals surface area (Å²) in [6.45, 7) is 6.07. The molecule has 0 spiro atoms. The number of hydrogen-bond donors (Lipinski definition) is 0. The van der Waals surface area contributed by atoms with Crippen LogP contribution < -0.4 is 4.90 Å². The van der Waals surface area contributed by atoms with Crippen molar-refractivity contribution in [2.75, 3.05) is 24.5 Å². The summed E-state index contributed by atoms with van der Waals surface area (Å²) in [6, 6.07) is 14.3. The zero-order chi connectivity index (χ0) is 18.0. The summed E-state index contributed by atoms with van der Waals surface area (Å²) in [5, 5.41) is 10.8. The Morgan fingerprint density at radius 2 is 1.72 bits per heavy atom. The Morgan fingerprint density at radius 3 is 2.28 bits per heavy atom. The maximum atomic E-state index is 12.7. The molecule has 1 amide bonds. The number of amides is 1. The molecule has 6 heteroatoms. The lowest BCUT2D eigenvalue weighted by atomic mass is 10.1. The van der Waals surface area contributed by atoms with Gasteiger partial charge in [-0.2, -0.15) is 0 Å². The molecule has 1 atom stereocenters. The van der Waals surface area contributed by atoms with Crippen molar-refractivity contribution in [3.05, 3.63) is 69.8 Å². The molecule has 0 bridgehead atoms. The van der Waals surface area contributed by atoms with Crippen LogP contribution in [0.5, 0.6) is 0 Å². The van der Waals surface area contributed by atoms with Crippen LogP contribution in [0.2, 0.25) is 0 Å². The topological polar surface area (TPSA) is 66.7 Å². The molecule has 6 nitrogen and oxygen atoms in total. The molecule has 130 valence electrons. The van der Waals surface area contributed by atoms with Crippen molar-refractivity contribution in [1.29, 1.82) is 0 Å². The van der Waals surface area contributed by atoms with E-state index >= 15 is 0 Å². The number of nitrogens with zero attached hydrogens (tertiary/aromatic N) is 3. The second-order valence-electron chi connectivity index (χ2n) is 6.43. The van der Waals surface area contributed by atoms with Crippen molar-refractivity contribution in [2.24, 2.45) is 0 Å². The maximum Gasteiger partial charge on any atom is 0.269 e. The van der Waals surface area contributed by atoms with E-state index in [1.54, 1.807) is 12.1 Å². The minimum Gasteiger partial charge on any atom is -0.368 e. The fraction of sp³-hybridized carbons (Fsp3) is 0.316. The van der Waals surface area contributed by atoms with E-state index in [0.29, 0.717) is 25.2 Å². The Kier molecular flexibility index (Phi) is 4.70. The van der Waals surface area contributed by atoms with Gasteiger partial charge < -0.3 is 9.80 Å². The highest BCUT2D eigenvalue weighted by Crippen LogP contribution is 2.23. The van der Waals surface area contributed by atoms with Gasteiger partial charge in [0.2, 0.25) is 0 Å². The first kappa shape index (κ1) is 17.0. The highest BCUT2D eigenvalue weighted by Gasteiger charge is 2.28. The van der Waals surface area contributed by atoms with E-state index in [9.17, 15) is 14.9 Å². The minimum absolute atomic E-state index is 0.0517. The fourth-order valence-corrected chi connectivity index (χ4v) is 3.14. The van der Waals surface area contributed by atoms with Gasteiger partial charge in [0, 0.05) is 49.1 Å². The molecule has 0 saturated carbocycles. The largest absolute Gasteiger partial charge is 0.368 e. The molecule has 0 unspecified atom stereocenters. The number of nitro groups is 1. The van der Waals surface area contributed by atoms with Gasteiger partial charge in [-0.05, 0) is 38.1 Å². The molecule has 1 heterocycles. The molecule has 25 heavy (non-hydrogen) atoms. The number of nitro benzene ring substituents is 1. The molecular weight excluding hydrogens is 318 g/mol. The monoisotopic (exact) mass is 339 g/mol. The SMILES string of the molecule is Cc1ccc(C(=O)N2CCN(c3ccc([N+](=O)[O-])cc3)C[C@@H]2C)cc1. The number of aryl methyl sites for hydroxylation is 1. The van der Waals surface area contributed by atoms with Crippen LogP contribution in [0.25, 0.3) is 0 Å². The van der Waals surface area contributed by atoms with Crippen LogP contribution >= 0.6 is 0 Å². The van der Waals surface area contributed by atoms with E-state index in [-0.39, 0.29) is 17.6 Å². The van der Waals surface area contributed by atoms with Crippen molar-refractivity contribution in [2.45, 2.75) is 19.9 Å². The molecule has 2 aromatic rings. The molecule has 0 aromatic heterocycles. The van der Waals surface area contributed by atoms with Crippen molar-refractivity contribution in [1.82, 2.24) is 4.90 Å². The van der Waals surface area contributed by atoms with Crippen LogP contribution in [0.3, 0.4) is 0 Å². The Labute approximate surface area is 146 Å². The summed E-state index contributed by atoms with van der Waals surface area (Å²) in [5.41, 5.74) is 2.87. The van der Waals surface area contributed by atoms with Gasteiger partial charge in [-0.3, -0.25) is 14.9 Å². The second-order valence-corrected chi connectivity index (χ2v) is 6.43. The van der Waals surface area contributed by atoms with Gasteiger partial charge in [0.1, 0.15) is 0 Å². The summed E-state index contributed by atoms with van der Waals surface area (Å²) in [4.78, 5) is 27.1. The first-order valence-corrected chi connectivity index (χ1v) is 8.33. The highest BCUT2D eigenvalue weighted by molar-refractivity contribution is 5.94. The van der Waals surface area contributed by atoms with Crippen LogP contribution in [-0.2, 0) is 0 Å². The number of anilines is 1. The van der Waals surface area contributed by atoms with Gasteiger partial charge in [-0.15, -0.1) is 0 Å². The van der Waals surface area contributed by atoms with E-state index in [1.165, 1.54) is 12.1 Å². The molecule has 2 aromatic carbocycles. The van der Waals surface area contributed by atoms with Gasteiger partial charge >= 0.3 is 0 Å². The maximum absolute atomic E-state index is 12.7. The molecule has 3 rings (SSSR count). The molecule has 1 aliphatic heterocycles. The lowest BCUT2D eigenvalue weighted by Crippen LogP contribution is -2.54. The third-order valence-electron chi connectivity index (χ3n) is 4.61. The third-order valence-corrected chi connectivity index (χ3v) is 4.61. The van der Waals surface area contributed by atoms with Crippen LogP contribution in [0.4, 0.5) is 11.4 Å². The number of hydrogen-bond acceptors (Lipinski definition) is 4. The molecule has 0 N–H and O–H groups in total. The van der Waals surface area contributed by atoms with Crippen LogP contribution in [0.1, 0.15) is 22.8 Å². The van der Waals surface area contributed by atoms with Gasteiger partial charge in [-0.25, -0.2) is 0 Å². The van der Waals surface area contributed by atoms with E-state index < -0.39 is 4.92 Å². The summed E-state index contributed by atoms with van der Waals surface area (Å²) < 4.78 is 0. The first-order valence-electron chi connectivity index (χ1n) is 8.33. The number of benzene rings is 2. The second kappa shape index (κ2) is 6.93. The Morgan fingerprint density at radius 1 is 1.08 bits per heavy atom. The highest BCUT2D eigenvalue weighted by atomic mass is 16.6.